The lowest BCUT2D eigenvalue weighted by molar-refractivity contribution is -0.385. The van der Waals surface area contributed by atoms with Gasteiger partial charge in [0, 0.05) is 46.0 Å². The highest BCUT2D eigenvalue weighted by Crippen LogP contribution is 2.61. The van der Waals surface area contributed by atoms with E-state index in [0.717, 1.165) is 12.1 Å². The molecular formula is C22H15Cl5N3O8P. The Morgan fingerprint density at radius 3 is 1.67 bits per heavy atom. The quantitative estimate of drug-likeness (QED) is 0.0889. The highest BCUT2D eigenvalue weighted by molar-refractivity contribution is 8.24. The zero-order valence-electron chi connectivity index (χ0n) is 19.1. The number of hydrogen-bond acceptors (Lipinski definition) is 8. The molecule has 0 radical (unpaired) electrons. The smallest absolute Gasteiger partial charge is 0.339 e. The first-order chi connectivity index (χ1) is 18.1. The Balaban J connectivity index is 0.000000373. The van der Waals surface area contributed by atoms with Gasteiger partial charge in [-0.3, -0.25) is 39.2 Å². The van der Waals surface area contributed by atoms with Gasteiger partial charge in [0.2, 0.25) is 0 Å². The van der Waals surface area contributed by atoms with Crippen LogP contribution in [0, 0.1) is 20.2 Å². The molecule has 39 heavy (non-hydrogen) atoms. The highest BCUT2D eigenvalue weighted by atomic mass is 36.0. The van der Waals surface area contributed by atoms with Gasteiger partial charge in [-0.15, -0.1) is 0 Å². The second-order valence-corrected chi connectivity index (χ2v) is 14.3. The molecule has 3 aromatic rings. The number of non-ortho nitro benzene ring substituents is 2. The minimum atomic E-state index is -3.22. The fourth-order valence-electron chi connectivity index (χ4n) is 2.53. The van der Waals surface area contributed by atoms with Crippen LogP contribution in [0.5, 0.6) is 0 Å². The third kappa shape index (κ3) is 14.1. The fraction of sp³-hybridized carbons (Fsp3) is 0.0455. The summed E-state index contributed by atoms with van der Waals surface area (Å²) in [5.41, 5.74) is 0.307. The van der Waals surface area contributed by atoms with Crippen LogP contribution in [0.15, 0.2) is 72.8 Å². The normalized spacial score (nSPS) is 10.1. The van der Waals surface area contributed by atoms with Gasteiger partial charge in [-0.25, -0.2) is 0 Å². The largest absolute Gasteiger partial charge is 0.345 e. The summed E-state index contributed by atoms with van der Waals surface area (Å²) in [5.74, 6) is -0.861. The fourth-order valence-corrected chi connectivity index (χ4v) is 2.84. The van der Waals surface area contributed by atoms with Crippen molar-refractivity contribution in [2.45, 2.75) is 0 Å². The summed E-state index contributed by atoms with van der Waals surface area (Å²) < 4.78 is 9.51. The molecule has 0 saturated heterocycles. The van der Waals surface area contributed by atoms with Gasteiger partial charge in [-0.1, -0.05) is 35.9 Å². The molecule has 0 heterocycles. The molecule has 1 N–H and O–H groups in total. The summed E-state index contributed by atoms with van der Waals surface area (Å²) in [7, 11) is 0. The van der Waals surface area contributed by atoms with Crippen LogP contribution in [-0.2, 0) is 4.57 Å². The molecule has 11 nitrogen and oxygen atoms in total. The molecule has 3 rings (SSSR count). The Hall–Kier alpha value is -3.05. The predicted octanol–water partition coefficient (Wildman–Crippen LogP) is 7.65. The Kier molecular flexibility index (Phi) is 14.1. The molecular weight excluding hydrogens is 642 g/mol. The van der Waals surface area contributed by atoms with Crippen molar-refractivity contribution in [3.63, 3.8) is 0 Å². The standard InChI is InChI=1S/C15H11ClN2O4.C7H4ClNO3.Cl3OP/c16-12-5-1-3-10(7-12)14(19)9-17-15(20)11-4-2-6-13(8-11)18(21)22;8-7(10)5-2-1-3-6(4-5)9(11)12;1-5(2,3)4/h1-8H,9H2,(H,17,20);1-4H;. The lowest BCUT2D eigenvalue weighted by Crippen LogP contribution is -2.29. The Morgan fingerprint density at radius 1 is 0.769 bits per heavy atom. The molecule has 0 aliphatic heterocycles. The summed E-state index contributed by atoms with van der Waals surface area (Å²) >= 11 is 24.8. The van der Waals surface area contributed by atoms with Crippen molar-refractivity contribution in [1.29, 1.82) is 0 Å². The lowest BCUT2D eigenvalue weighted by Gasteiger charge is -2.05. The van der Waals surface area contributed by atoms with Crippen molar-refractivity contribution in [3.05, 3.63) is 115 Å². The number of nitro benzene ring substituents is 2. The van der Waals surface area contributed by atoms with Crippen LogP contribution in [0.4, 0.5) is 11.4 Å². The molecule has 0 aliphatic rings. The molecule has 3 aromatic carbocycles. The van der Waals surface area contributed by atoms with Crippen molar-refractivity contribution in [2.24, 2.45) is 0 Å². The van der Waals surface area contributed by atoms with Crippen LogP contribution >= 0.6 is 62.1 Å². The lowest BCUT2D eigenvalue weighted by atomic mass is 10.1. The number of nitrogens with one attached hydrogen (secondary N) is 1. The predicted molar refractivity (Wildman–Crippen MR) is 150 cm³/mol. The molecule has 0 saturated carbocycles. The van der Waals surface area contributed by atoms with E-state index in [2.05, 4.69) is 39.0 Å². The number of ketones is 1. The molecule has 0 bridgehead atoms. The number of halogens is 5. The Bertz CT molecular complexity index is 1400. The number of amides is 1. The minimum Gasteiger partial charge on any atom is -0.345 e. The number of carbonyl (C=O) groups excluding carboxylic acids is 3. The summed E-state index contributed by atoms with van der Waals surface area (Å²) in [6, 6.07) is 16.9. The van der Waals surface area contributed by atoms with E-state index in [1.165, 1.54) is 42.5 Å². The number of nitrogens with zero attached hydrogens (tertiary/aromatic N) is 2. The minimum absolute atomic E-state index is 0.119. The first-order valence-electron chi connectivity index (χ1n) is 10.0. The average Bonchev–Trinajstić information content (AvgIpc) is 2.86. The molecule has 17 heteroatoms. The number of Topliss-reactive ketones (excluding diaryl/α,β-unsaturated/α-hetero) is 1. The molecule has 0 aromatic heterocycles. The third-order valence-electron chi connectivity index (χ3n) is 4.16. The number of rotatable bonds is 7. The zero-order valence-corrected chi connectivity index (χ0v) is 23.8. The number of benzene rings is 3. The van der Waals surface area contributed by atoms with E-state index in [0.29, 0.717) is 10.6 Å². The highest BCUT2D eigenvalue weighted by Gasteiger charge is 2.13. The maximum absolute atomic E-state index is 11.9. The van der Waals surface area contributed by atoms with E-state index in [1.807, 2.05) is 0 Å². The molecule has 206 valence electrons. The monoisotopic (exact) mass is 655 g/mol. The number of nitro groups is 2. The Morgan fingerprint density at radius 2 is 1.21 bits per heavy atom. The molecule has 0 unspecified atom stereocenters. The van der Waals surface area contributed by atoms with Gasteiger partial charge in [0.25, 0.3) is 22.5 Å². The van der Waals surface area contributed by atoms with Crippen molar-refractivity contribution < 1.29 is 28.8 Å². The van der Waals surface area contributed by atoms with E-state index >= 15 is 0 Å². The van der Waals surface area contributed by atoms with Gasteiger partial charge in [-0.2, -0.15) is 0 Å². The second-order valence-electron chi connectivity index (χ2n) is 6.90. The van der Waals surface area contributed by atoms with E-state index in [4.69, 9.17) is 23.2 Å². The zero-order chi connectivity index (χ0) is 29.8. The Labute approximate surface area is 245 Å². The molecule has 1 amide bonds. The van der Waals surface area contributed by atoms with Crippen molar-refractivity contribution >= 4 is 90.4 Å². The summed E-state index contributed by atoms with van der Waals surface area (Å²) in [5, 5.41) is 19.8. The summed E-state index contributed by atoms with van der Waals surface area (Å²) in [6.45, 7) is -0.220. The molecule has 0 fully saturated rings. The van der Waals surface area contributed by atoms with Gasteiger partial charge in [0.1, 0.15) is 0 Å². The van der Waals surface area contributed by atoms with E-state index < -0.39 is 26.2 Å². The molecule has 0 spiro atoms. The number of carbonyl (C=O) groups is 3. The number of hydrogen-bond donors (Lipinski definition) is 1. The van der Waals surface area contributed by atoms with Gasteiger partial charge in [0.05, 0.1) is 16.4 Å². The first-order valence-corrected chi connectivity index (χ1v) is 15.2. The van der Waals surface area contributed by atoms with Gasteiger partial charge >= 0.3 is 5.20 Å². The molecule has 0 atom stereocenters. The van der Waals surface area contributed by atoms with Crippen molar-refractivity contribution in [3.8, 4) is 0 Å². The van der Waals surface area contributed by atoms with E-state index in [9.17, 15) is 39.2 Å². The summed E-state index contributed by atoms with van der Waals surface area (Å²) in [4.78, 5) is 54.1. The van der Waals surface area contributed by atoms with Gasteiger partial charge < -0.3 is 5.32 Å². The van der Waals surface area contributed by atoms with Crippen LogP contribution in [0.2, 0.25) is 5.02 Å². The average molecular weight is 658 g/mol. The second kappa shape index (κ2) is 16.1. The van der Waals surface area contributed by atoms with Gasteiger partial charge in [0.15, 0.2) is 5.78 Å². The van der Waals surface area contributed by atoms with E-state index in [-0.39, 0.29) is 34.8 Å². The van der Waals surface area contributed by atoms with E-state index in [1.54, 1.807) is 18.2 Å². The van der Waals surface area contributed by atoms with Crippen molar-refractivity contribution in [2.75, 3.05) is 6.54 Å². The topological polar surface area (TPSA) is 167 Å². The maximum atomic E-state index is 11.9. The van der Waals surface area contributed by atoms with Crippen LogP contribution in [0.1, 0.15) is 31.1 Å². The summed E-state index contributed by atoms with van der Waals surface area (Å²) in [6.07, 6.45) is 0. The first kappa shape index (κ1) is 34.0. The van der Waals surface area contributed by atoms with Crippen LogP contribution in [0.25, 0.3) is 0 Å². The van der Waals surface area contributed by atoms with Crippen LogP contribution in [0.3, 0.4) is 0 Å². The third-order valence-corrected chi connectivity index (χ3v) is 4.61. The van der Waals surface area contributed by atoms with Gasteiger partial charge in [-0.05, 0) is 69.6 Å². The maximum Gasteiger partial charge on any atom is 0.339 e. The van der Waals surface area contributed by atoms with Crippen molar-refractivity contribution in [1.82, 2.24) is 5.32 Å². The SMILES string of the molecule is O=C(CNC(=O)c1cccc([N+](=O)[O-])c1)c1cccc(Cl)c1.O=C(Cl)c1cccc([N+](=O)[O-])c1.O=P(Cl)(Cl)Cl. The van der Waals surface area contributed by atoms with Crippen LogP contribution < -0.4 is 5.32 Å². The van der Waals surface area contributed by atoms with Crippen LogP contribution in [-0.4, -0.2) is 33.3 Å². The molecule has 0 aliphatic carbocycles.